The van der Waals surface area contributed by atoms with E-state index in [0.717, 1.165) is 26.9 Å². The SMILES string of the molecule is COc1ccc(C)cc1CC(O)c1ccc(Br)cc1Cl. The molecule has 1 N–H and O–H groups in total. The molecule has 1 atom stereocenters. The molecule has 2 aromatic carbocycles. The molecular weight excluding hydrogens is 340 g/mol. The van der Waals surface area contributed by atoms with Crippen molar-refractivity contribution >= 4 is 27.5 Å². The lowest BCUT2D eigenvalue weighted by Gasteiger charge is -2.15. The van der Waals surface area contributed by atoms with Crippen LogP contribution in [0, 0.1) is 6.92 Å². The largest absolute Gasteiger partial charge is 0.496 e. The Bertz CT molecular complexity index is 613. The monoisotopic (exact) mass is 354 g/mol. The van der Waals surface area contributed by atoms with Gasteiger partial charge < -0.3 is 9.84 Å². The maximum Gasteiger partial charge on any atom is 0.122 e. The van der Waals surface area contributed by atoms with Gasteiger partial charge in [0.05, 0.1) is 13.2 Å². The maximum absolute atomic E-state index is 10.4. The third-order valence-electron chi connectivity index (χ3n) is 3.17. The summed E-state index contributed by atoms with van der Waals surface area (Å²) in [6.45, 7) is 2.02. The molecule has 0 spiro atoms. The highest BCUT2D eigenvalue weighted by Crippen LogP contribution is 2.31. The van der Waals surface area contributed by atoms with Crippen LogP contribution in [0.15, 0.2) is 40.9 Å². The zero-order chi connectivity index (χ0) is 14.7. The number of ether oxygens (including phenoxy) is 1. The van der Waals surface area contributed by atoms with Crippen molar-refractivity contribution in [3.63, 3.8) is 0 Å². The van der Waals surface area contributed by atoms with Crippen molar-refractivity contribution in [3.05, 3.63) is 62.6 Å². The van der Waals surface area contributed by atoms with E-state index in [-0.39, 0.29) is 0 Å². The Morgan fingerprint density at radius 2 is 2.00 bits per heavy atom. The van der Waals surface area contributed by atoms with Crippen molar-refractivity contribution in [2.75, 3.05) is 7.11 Å². The van der Waals surface area contributed by atoms with E-state index in [1.165, 1.54) is 0 Å². The average Bonchev–Trinajstić information content (AvgIpc) is 2.38. The van der Waals surface area contributed by atoms with Crippen molar-refractivity contribution in [1.82, 2.24) is 0 Å². The molecular formula is C16H16BrClO2. The second-order valence-electron chi connectivity index (χ2n) is 4.70. The van der Waals surface area contributed by atoms with Gasteiger partial charge in [-0.3, -0.25) is 0 Å². The Labute approximate surface area is 132 Å². The van der Waals surface area contributed by atoms with Crippen LogP contribution in [0.4, 0.5) is 0 Å². The quantitative estimate of drug-likeness (QED) is 0.861. The predicted molar refractivity (Wildman–Crippen MR) is 85.5 cm³/mol. The number of aliphatic hydroxyl groups excluding tert-OH is 1. The summed E-state index contributed by atoms with van der Waals surface area (Å²) in [6, 6.07) is 11.4. The van der Waals surface area contributed by atoms with Gasteiger partial charge in [-0.25, -0.2) is 0 Å². The number of halogens is 2. The number of aliphatic hydroxyl groups is 1. The Balaban J connectivity index is 2.27. The Morgan fingerprint density at radius 1 is 1.25 bits per heavy atom. The maximum atomic E-state index is 10.4. The van der Waals surface area contributed by atoms with E-state index in [0.29, 0.717) is 11.4 Å². The smallest absolute Gasteiger partial charge is 0.122 e. The van der Waals surface area contributed by atoms with E-state index in [1.807, 2.05) is 37.3 Å². The second kappa shape index (κ2) is 6.61. The normalized spacial score (nSPS) is 12.2. The number of aryl methyl sites for hydroxylation is 1. The summed E-state index contributed by atoms with van der Waals surface area (Å²) in [4.78, 5) is 0. The zero-order valence-electron chi connectivity index (χ0n) is 11.4. The van der Waals surface area contributed by atoms with Crippen LogP contribution in [0.2, 0.25) is 5.02 Å². The summed E-state index contributed by atoms with van der Waals surface area (Å²) in [7, 11) is 1.63. The van der Waals surface area contributed by atoms with Gasteiger partial charge in [0.15, 0.2) is 0 Å². The summed E-state index contributed by atoms with van der Waals surface area (Å²) in [5.41, 5.74) is 2.83. The van der Waals surface area contributed by atoms with Crippen LogP contribution in [-0.4, -0.2) is 12.2 Å². The highest BCUT2D eigenvalue weighted by molar-refractivity contribution is 9.10. The molecule has 0 heterocycles. The lowest BCUT2D eigenvalue weighted by atomic mass is 9.99. The molecule has 106 valence electrons. The fourth-order valence-corrected chi connectivity index (χ4v) is 2.96. The molecule has 2 nitrogen and oxygen atoms in total. The molecule has 1 unspecified atom stereocenters. The molecule has 20 heavy (non-hydrogen) atoms. The van der Waals surface area contributed by atoms with Gasteiger partial charge in [-0.15, -0.1) is 0 Å². The van der Waals surface area contributed by atoms with Crippen molar-refractivity contribution in [3.8, 4) is 5.75 Å². The standard InChI is InChI=1S/C16H16BrClO2/c1-10-3-6-16(20-2)11(7-10)8-15(19)13-5-4-12(17)9-14(13)18/h3-7,9,15,19H,8H2,1-2H3. The number of rotatable bonds is 4. The third-order valence-corrected chi connectivity index (χ3v) is 3.99. The van der Waals surface area contributed by atoms with Crippen LogP contribution < -0.4 is 4.74 Å². The molecule has 0 aliphatic carbocycles. The lowest BCUT2D eigenvalue weighted by Crippen LogP contribution is -2.04. The molecule has 4 heteroatoms. The fourth-order valence-electron chi connectivity index (χ4n) is 2.16. The van der Waals surface area contributed by atoms with Crippen LogP contribution >= 0.6 is 27.5 Å². The van der Waals surface area contributed by atoms with E-state index >= 15 is 0 Å². The first kappa shape index (κ1) is 15.4. The van der Waals surface area contributed by atoms with E-state index in [2.05, 4.69) is 15.9 Å². The highest BCUT2D eigenvalue weighted by Gasteiger charge is 2.15. The van der Waals surface area contributed by atoms with Crippen LogP contribution in [0.1, 0.15) is 22.8 Å². The van der Waals surface area contributed by atoms with Gasteiger partial charge >= 0.3 is 0 Å². The molecule has 0 amide bonds. The zero-order valence-corrected chi connectivity index (χ0v) is 13.7. The summed E-state index contributed by atoms with van der Waals surface area (Å²) in [5, 5.41) is 11.0. The van der Waals surface area contributed by atoms with Gasteiger partial charge in [0.25, 0.3) is 0 Å². The molecule has 0 aromatic heterocycles. The first-order valence-corrected chi connectivity index (χ1v) is 7.45. The van der Waals surface area contributed by atoms with Gasteiger partial charge in [0, 0.05) is 15.9 Å². The van der Waals surface area contributed by atoms with E-state index < -0.39 is 6.10 Å². The topological polar surface area (TPSA) is 29.5 Å². The van der Waals surface area contributed by atoms with E-state index in [4.69, 9.17) is 16.3 Å². The average molecular weight is 356 g/mol. The van der Waals surface area contributed by atoms with Crippen molar-refractivity contribution in [2.45, 2.75) is 19.4 Å². The lowest BCUT2D eigenvalue weighted by molar-refractivity contribution is 0.177. The van der Waals surface area contributed by atoms with Gasteiger partial charge in [-0.1, -0.05) is 51.3 Å². The summed E-state index contributed by atoms with van der Waals surface area (Å²) in [5.74, 6) is 0.780. The Morgan fingerprint density at radius 3 is 2.65 bits per heavy atom. The minimum absolute atomic E-state index is 0.464. The highest BCUT2D eigenvalue weighted by atomic mass is 79.9. The van der Waals surface area contributed by atoms with E-state index in [9.17, 15) is 5.11 Å². The summed E-state index contributed by atoms with van der Waals surface area (Å²) in [6.07, 6.45) is -0.196. The number of hydrogen-bond acceptors (Lipinski definition) is 2. The van der Waals surface area contributed by atoms with Gasteiger partial charge in [0.2, 0.25) is 0 Å². The molecule has 0 radical (unpaired) electrons. The molecule has 2 rings (SSSR count). The minimum Gasteiger partial charge on any atom is -0.496 e. The van der Waals surface area contributed by atoms with Crippen LogP contribution in [0.5, 0.6) is 5.75 Å². The first-order valence-electron chi connectivity index (χ1n) is 6.28. The molecule has 0 saturated carbocycles. The summed E-state index contributed by atoms with van der Waals surface area (Å²) < 4.78 is 6.23. The van der Waals surface area contributed by atoms with Crippen molar-refractivity contribution in [1.29, 1.82) is 0 Å². The predicted octanol–water partition coefficient (Wildman–Crippen LogP) is 4.70. The summed E-state index contributed by atoms with van der Waals surface area (Å²) >= 11 is 9.53. The number of hydrogen-bond donors (Lipinski definition) is 1. The molecule has 0 bridgehead atoms. The first-order chi connectivity index (χ1) is 9.51. The third kappa shape index (κ3) is 3.54. The Hall–Kier alpha value is -1.03. The van der Waals surface area contributed by atoms with E-state index in [1.54, 1.807) is 13.2 Å². The molecule has 0 aliphatic rings. The minimum atomic E-state index is -0.661. The van der Waals surface area contributed by atoms with Gasteiger partial charge in [-0.2, -0.15) is 0 Å². The van der Waals surface area contributed by atoms with Gasteiger partial charge in [-0.05, 0) is 36.2 Å². The van der Waals surface area contributed by atoms with Crippen LogP contribution in [-0.2, 0) is 6.42 Å². The van der Waals surface area contributed by atoms with Crippen molar-refractivity contribution in [2.24, 2.45) is 0 Å². The van der Waals surface area contributed by atoms with Crippen LogP contribution in [0.3, 0.4) is 0 Å². The number of methoxy groups -OCH3 is 1. The van der Waals surface area contributed by atoms with Crippen molar-refractivity contribution < 1.29 is 9.84 Å². The second-order valence-corrected chi connectivity index (χ2v) is 6.02. The number of benzene rings is 2. The molecule has 0 saturated heterocycles. The fraction of sp³-hybridized carbons (Fsp3) is 0.250. The Kier molecular flexibility index (Phi) is 5.08. The van der Waals surface area contributed by atoms with Crippen LogP contribution in [0.25, 0.3) is 0 Å². The van der Waals surface area contributed by atoms with Gasteiger partial charge in [0.1, 0.15) is 5.75 Å². The molecule has 0 fully saturated rings. The molecule has 0 aliphatic heterocycles. The molecule has 2 aromatic rings.